The van der Waals surface area contributed by atoms with Gasteiger partial charge in [0.05, 0.1) is 52.3 Å². The van der Waals surface area contributed by atoms with Gasteiger partial charge >= 0.3 is 0 Å². The lowest BCUT2D eigenvalue weighted by molar-refractivity contribution is -0.138. The van der Waals surface area contributed by atoms with Crippen molar-refractivity contribution in [2.75, 3.05) is 65.9 Å². The predicted octanol–water partition coefficient (Wildman–Crippen LogP) is 5.72. The van der Waals surface area contributed by atoms with Crippen LogP contribution in [0, 0.1) is 18.7 Å². The number of aromatic nitrogens is 7. The first-order valence-corrected chi connectivity index (χ1v) is 24.9. The maximum absolute atomic E-state index is 15.5. The van der Waals surface area contributed by atoms with Crippen molar-refractivity contribution in [3.8, 4) is 16.9 Å². The molecule has 5 aromatic heterocycles. The zero-order valence-electron chi connectivity index (χ0n) is 40.6. The summed E-state index contributed by atoms with van der Waals surface area (Å²) >= 11 is 0. The van der Waals surface area contributed by atoms with Gasteiger partial charge in [-0.15, -0.1) is 0 Å². The van der Waals surface area contributed by atoms with E-state index in [4.69, 9.17) is 15.7 Å². The van der Waals surface area contributed by atoms with Gasteiger partial charge in [-0.25, -0.2) is 24.3 Å². The molecule has 0 bridgehead atoms. The van der Waals surface area contributed by atoms with Crippen molar-refractivity contribution in [3.63, 3.8) is 0 Å². The molecule has 3 fully saturated rings. The van der Waals surface area contributed by atoms with Crippen LogP contribution in [0.1, 0.15) is 76.7 Å². The van der Waals surface area contributed by atoms with E-state index in [2.05, 4.69) is 41.2 Å². The maximum atomic E-state index is 15.5. The average Bonchev–Trinajstić information content (AvgIpc) is 4.10. The molecular weight excluding hydrogens is 946 g/mol. The number of aryl methyl sites for hydroxylation is 1. The third-order valence-corrected chi connectivity index (χ3v) is 14.4. The van der Waals surface area contributed by atoms with Crippen LogP contribution in [0.4, 0.5) is 33.1 Å². The van der Waals surface area contributed by atoms with Crippen molar-refractivity contribution in [2.24, 2.45) is 5.92 Å². The lowest BCUT2D eigenvalue weighted by Gasteiger charge is -2.37. The zero-order valence-corrected chi connectivity index (χ0v) is 40.6. The maximum Gasteiger partial charge on any atom is 0.264 e. The molecule has 0 saturated carbocycles. The Hall–Kier alpha value is -8.75. The minimum Gasteiger partial charge on any atom is -0.384 e. The van der Waals surface area contributed by atoms with Gasteiger partial charge in [0, 0.05) is 93.4 Å². The number of carbonyl (C=O) groups is 5. The molecule has 2 aromatic carbocycles. The number of piperidine rings is 3. The van der Waals surface area contributed by atoms with Crippen LogP contribution in [0.25, 0.3) is 28.1 Å². The fourth-order valence-corrected chi connectivity index (χ4v) is 10.5. The highest BCUT2D eigenvalue weighted by atomic mass is 19.1. The number of anilines is 5. The first kappa shape index (κ1) is 47.6. The number of fused-ring (bicyclic) bond motifs is 2. The van der Waals surface area contributed by atoms with Gasteiger partial charge in [0.2, 0.25) is 17.7 Å². The molecular formula is C53H54FN15O5. The molecule has 0 radical (unpaired) electrons. The second-order valence-electron chi connectivity index (χ2n) is 19.1. The van der Waals surface area contributed by atoms with E-state index in [1.165, 1.54) is 6.07 Å². The van der Waals surface area contributed by atoms with Gasteiger partial charge in [0.1, 0.15) is 34.8 Å². The Kier molecular flexibility index (Phi) is 12.9. The molecule has 74 heavy (non-hydrogen) atoms. The second kappa shape index (κ2) is 20.0. The average molecular weight is 1000 g/mol. The highest BCUT2D eigenvalue weighted by Crippen LogP contribution is 2.34. The molecule has 4 aliphatic rings. The summed E-state index contributed by atoms with van der Waals surface area (Å²) in [6.45, 7) is 5.97. The number of benzene rings is 2. The summed E-state index contributed by atoms with van der Waals surface area (Å²) < 4.78 is 19.3. The van der Waals surface area contributed by atoms with Crippen molar-refractivity contribution in [1.29, 1.82) is 0 Å². The van der Waals surface area contributed by atoms with Crippen LogP contribution in [0.3, 0.4) is 0 Å². The monoisotopic (exact) mass is 999 g/mol. The first-order chi connectivity index (χ1) is 35.9. The van der Waals surface area contributed by atoms with Gasteiger partial charge in [-0.2, -0.15) is 5.10 Å². The normalized spacial score (nSPS) is 17.5. The highest BCUT2D eigenvalue weighted by Gasteiger charge is 2.45. The number of imide groups is 2. The Labute approximate surface area is 424 Å². The number of hydrogen-bond acceptors (Lipinski definition) is 15. The minimum absolute atomic E-state index is 0.0452. The van der Waals surface area contributed by atoms with Crippen molar-refractivity contribution < 1.29 is 28.4 Å². The number of nitrogens with two attached hydrogens (primary N) is 1. The van der Waals surface area contributed by atoms with Crippen LogP contribution >= 0.6 is 0 Å². The Balaban J connectivity index is 0.609. The summed E-state index contributed by atoms with van der Waals surface area (Å²) in [6, 6.07) is 20.5. The predicted molar refractivity (Wildman–Crippen MR) is 275 cm³/mol. The largest absolute Gasteiger partial charge is 0.384 e. The summed E-state index contributed by atoms with van der Waals surface area (Å²) in [5.41, 5.74) is 12.4. The Bertz CT molecular complexity index is 3320. The van der Waals surface area contributed by atoms with E-state index in [1.807, 2.05) is 63.7 Å². The minimum atomic E-state index is -1.04. The number of pyridine rings is 3. The molecule has 7 aromatic rings. The van der Waals surface area contributed by atoms with Crippen LogP contribution in [0.2, 0.25) is 0 Å². The van der Waals surface area contributed by atoms with Gasteiger partial charge in [-0.05, 0) is 99.7 Å². The van der Waals surface area contributed by atoms with Crippen LogP contribution in [0.5, 0.6) is 0 Å². The number of likely N-dealkylation sites (tertiary alicyclic amines) is 1. The van der Waals surface area contributed by atoms with E-state index >= 15 is 4.39 Å². The second-order valence-corrected chi connectivity index (χ2v) is 19.1. The Morgan fingerprint density at radius 3 is 2.42 bits per heavy atom. The summed E-state index contributed by atoms with van der Waals surface area (Å²) in [5.74, 6) is -0.488. The molecule has 1 unspecified atom stereocenters. The van der Waals surface area contributed by atoms with Crippen molar-refractivity contribution in [1.82, 2.24) is 49.4 Å². The van der Waals surface area contributed by atoms with Gasteiger partial charge < -0.3 is 31.5 Å². The fraction of sp³-hybridized carbons (Fsp3) is 0.321. The standard InChI is InChI=1S/C53H54FN15O5/c1-31-62-43-9-8-40(34-13-18-58-45(55)25-34)63-49(43)68(31)37-6-7-41(39(54)26-37)57-20-19-56-35-5-11-46(60-29-35)65-21-14-33(15-22-65)51(72)66-23-16-36(17-24-66)67-30-32(28-61-67)27-59-42-4-2-3-38-48(42)53(74)69(52(38)73)44-10-12-47(70)64-50(44)71/h2-9,11,13,18,25-26,28-30,33,36,44,56-57,59H,10,12,14-17,19-24,27H2,1H3,(H2,55,58)(H,64,70,71). The van der Waals surface area contributed by atoms with Crippen LogP contribution in [-0.4, -0.2) is 119 Å². The molecule has 6 N–H and O–H groups in total. The number of nitrogen functional groups attached to an aromatic ring is 1. The number of carbonyl (C=O) groups excluding carboxylic acids is 5. The van der Waals surface area contributed by atoms with Crippen LogP contribution in [-0.2, 0) is 20.9 Å². The van der Waals surface area contributed by atoms with Crippen molar-refractivity contribution in [2.45, 2.75) is 64.1 Å². The molecule has 4 aliphatic heterocycles. The number of rotatable bonds is 14. The van der Waals surface area contributed by atoms with E-state index in [0.717, 1.165) is 66.3 Å². The summed E-state index contributed by atoms with van der Waals surface area (Å²) in [6.07, 6.45) is 10.4. The molecule has 3 saturated heterocycles. The van der Waals surface area contributed by atoms with Gasteiger partial charge in [0.25, 0.3) is 11.8 Å². The van der Waals surface area contributed by atoms with E-state index in [-0.39, 0.29) is 41.8 Å². The van der Waals surface area contributed by atoms with Gasteiger partial charge in [-0.1, -0.05) is 6.07 Å². The Morgan fingerprint density at radius 1 is 0.824 bits per heavy atom. The van der Waals surface area contributed by atoms with Crippen molar-refractivity contribution >= 4 is 69.4 Å². The van der Waals surface area contributed by atoms with Gasteiger partial charge in [-0.3, -0.25) is 43.4 Å². The summed E-state index contributed by atoms with van der Waals surface area (Å²) in [7, 11) is 0. The lowest BCUT2D eigenvalue weighted by atomic mass is 9.93. The highest BCUT2D eigenvalue weighted by molar-refractivity contribution is 6.25. The molecule has 9 heterocycles. The van der Waals surface area contributed by atoms with Crippen LogP contribution in [0.15, 0.2) is 97.6 Å². The van der Waals surface area contributed by atoms with Crippen LogP contribution < -0.4 is 31.9 Å². The summed E-state index contributed by atoms with van der Waals surface area (Å²) in [4.78, 5) is 88.2. The third kappa shape index (κ3) is 9.43. The molecule has 378 valence electrons. The lowest BCUT2D eigenvalue weighted by Crippen LogP contribution is -2.54. The number of nitrogens with zero attached hydrogens (tertiary/aromatic N) is 10. The molecule has 0 spiro atoms. The summed E-state index contributed by atoms with van der Waals surface area (Å²) in [5, 5.41) is 16.7. The number of halogens is 1. The van der Waals surface area contributed by atoms with E-state index in [1.54, 1.807) is 48.9 Å². The smallest absolute Gasteiger partial charge is 0.264 e. The molecule has 11 rings (SSSR count). The fourth-order valence-electron chi connectivity index (χ4n) is 10.5. The third-order valence-electron chi connectivity index (χ3n) is 14.4. The number of amides is 5. The van der Waals surface area contributed by atoms with E-state index in [9.17, 15) is 24.0 Å². The van der Waals surface area contributed by atoms with E-state index in [0.29, 0.717) is 78.3 Å². The molecule has 21 heteroatoms. The zero-order chi connectivity index (χ0) is 51.0. The molecule has 0 aliphatic carbocycles. The number of hydrogen-bond donors (Lipinski definition) is 5. The number of nitrogens with one attached hydrogen (secondary N) is 4. The Morgan fingerprint density at radius 2 is 1.65 bits per heavy atom. The topological polar surface area (TPSA) is 244 Å². The van der Waals surface area contributed by atoms with E-state index < -0.39 is 35.5 Å². The number of imidazole rings is 1. The molecule has 1 atom stereocenters. The molecule has 20 nitrogen and oxygen atoms in total. The van der Waals surface area contributed by atoms with Crippen molar-refractivity contribution in [3.05, 3.63) is 126 Å². The quantitative estimate of drug-likeness (QED) is 0.0646. The molecule has 5 amide bonds. The SMILES string of the molecule is Cc1nc2ccc(-c3ccnc(N)c3)nc2n1-c1ccc(NCCNc2ccc(N3CCC(C(=O)N4CCC(n5cc(CNc6cccc7c6C(=O)N(C6CCC(=O)NC6=O)C7=O)cn5)CC4)CC3)nc2)c(F)c1. The first-order valence-electron chi connectivity index (χ1n) is 24.9. The van der Waals surface area contributed by atoms with Gasteiger partial charge in [0.15, 0.2) is 5.65 Å².